The van der Waals surface area contributed by atoms with Gasteiger partial charge in [0.15, 0.2) is 17.3 Å². The first-order valence-electron chi connectivity index (χ1n) is 12.1. The Morgan fingerprint density at radius 2 is 1.70 bits per heavy atom. The second kappa shape index (κ2) is 10.7. The molecule has 0 atom stereocenters. The zero-order valence-electron chi connectivity index (χ0n) is 20.9. The molecule has 1 saturated heterocycles. The van der Waals surface area contributed by atoms with Crippen molar-refractivity contribution in [2.75, 3.05) is 51.5 Å². The highest BCUT2D eigenvalue weighted by atomic mass is 16.7. The largest absolute Gasteiger partial charge is 0.497 e. The van der Waals surface area contributed by atoms with Crippen LogP contribution in [0.3, 0.4) is 0 Å². The minimum Gasteiger partial charge on any atom is -0.497 e. The number of aromatic nitrogens is 2. The summed E-state index contributed by atoms with van der Waals surface area (Å²) in [6.45, 7) is 4.42. The second-order valence-electron chi connectivity index (χ2n) is 8.94. The summed E-state index contributed by atoms with van der Waals surface area (Å²) in [7, 11) is 1.64. The van der Waals surface area contributed by atoms with E-state index in [-0.39, 0.29) is 25.2 Å². The van der Waals surface area contributed by atoms with Crippen LogP contribution in [0.25, 0.3) is 11.3 Å². The van der Waals surface area contributed by atoms with Gasteiger partial charge >= 0.3 is 0 Å². The summed E-state index contributed by atoms with van der Waals surface area (Å²) in [5.41, 5.74) is 2.63. The number of amides is 2. The molecular weight excluding hydrogens is 474 g/mol. The van der Waals surface area contributed by atoms with Crippen molar-refractivity contribution in [1.29, 1.82) is 0 Å². The molecule has 1 aromatic heterocycles. The minimum atomic E-state index is -0.156. The number of hydrogen-bond acceptors (Lipinski definition) is 8. The number of ether oxygens (including phenoxy) is 3. The third-order valence-electron chi connectivity index (χ3n) is 6.57. The molecule has 0 radical (unpaired) electrons. The quantitative estimate of drug-likeness (QED) is 0.485. The fourth-order valence-electron chi connectivity index (χ4n) is 4.40. The van der Waals surface area contributed by atoms with Crippen LogP contribution in [-0.2, 0) is 16.1 Å². The van der Waals surface area contributed by atoms with E-state index in [9.17, 15) is 9.59 Å². The second-order valence-corrected chi connectivity index (χ2v) is 8.94. The highest BCUT2D eigenvalue weighted by Gasteiger charge is 2.25. The maximum atomic E-state index is 13.0. The molecule has 0 aliphatic carbocycles. The Labute approximate surface area is 215 Å². The van der Waals surface area contributed by atoms with Crippen molar-refractivity contribution in [3.63, 3.8) is 0 Å². The fourth-order valence-corrected chi connectivity index (χ4v) is 4.40. The Kier molecular flexibility index (Phi) is 7.07. The maximum Gasteiger partial charge on any atom is 0.242 e. The fraction of sp³-hybridized carbons (Fsp3) is 0.333. The highest BCUT2D eigenvalue weighted by Crippen LogP contribution is 2.32. The molecule has 2 aromatic carbocycles. The number of rotatable bonds is 7. The summed E-state index contributed by atoms with van der Waals surface area (Å²) >= 11 is 0. The normalized spacial score (nSPS) is 14.4. The predicted molar refractivity (Wildman–Crippen MR) is 136 cm³/mol. The zero-order chi connectivity index (χ0) is 25.8. The van der Waals surface area contributed by atoms with Crippen LogP contribution < -0.4 is 19.1 Å². The summed E-state index contributed by atoms with van der Waals surface area (Å²) in [6.07, 6.45) is 0. The molecule has 5 rings (SSSR count). The summed E-state index contributed by atoms with van der Waals surface area (Å²) in [6, 6.07) is 17.1. The summed E-state index contributed by atoms with van der Waals surface area (Å²) in [5, 5.41) is 8.78. The van der Waals surface area contributed by atoms with Crippen molar-refractivity contribution in [3.8, 4) is 28.5 Å². The average Bonchev–Trinajstić information content (AvgIpc) is 3.41. The number of methoxy groups -OCH3 is 1. The van der Waals surface area contributed by atoms with Gasteiger partial charge in [0.25, 0.3) is 0 Å². The van der Waals surface area contributed by atoms with Gasteiger partial charge in [0.2, 0.25) is 18.6 Å². The van der Waals surface area contributed by atoms with E-state index >= 15 is 0 Å². The number of fused-ring (bicyclic) bond motifs is 1. The van der Waals surface area contributed by atoms with Gasteiger partial charge in [-0.1, -0.05) is 6.07 Å². The van der Waals surface area contributed by atoms with Gasteiger partial charge in [-0.05, 0) is 54.1 Å². The molecule has 2 amide bonds. The lowest BCUT2D eigenvalue weighted by Gasteiger charge is -2.36. The number of carbonyl (C=O) groups is 2. The number of hydrogen-bond donors (Lipinski definition) is 0. The number of carbonyl (C=O) groups excluding carboxylic acids is 2. The third kappa shape index (κ3) is 5.58. The first-order valence-corrected chi connectivity index (χ1v) is 12.1. The van der Waals surface area contributed by atoms with Crippen LogP contribution in [-0.4, -0.2) is 78.4 Å². The Bertz CT molecular complexity index is 1260. The standard InChI is InChI=1S/C27H29N5O5/c1-19(33)32(16-20-3-9-24-25(15-20)37-18-36-24)17-27(34)31-13-11-30(12-14-31)26-10-8-23(28-29-26)21-4-6-22(35-2)7-5-21/h3-10,15H,11-14,16-18H2,1-2H3. The summed E-state index contributed by atoms with van der Waals surface area (Å²) < 4.78 is 16.0. The van der Waals surface area contributed by atoms with E-state index in [1.165, 1.54) is 6.92 Å². The maximum absolute atomic E-state index is 13.0. The molecule has 10 heteroatoms. The Hall–Kier alpha value is -4.34. The van der Waals surface area contributed by atoms with Gasteiger partial charge in [-0.25, -0.2) is 0 Å². The zero-order valence-corrected chi connectivity index (χ0v) is 20.9. The molecule has 0 bridgehead atoms. The molecule has 2 aliphatic heterocycles. The molecule has 2 aliphatic rings. The monoisotopic (exact) mass is 503 g/mol. The lowest BCUT2D eigenvalue weighted by Crippen LogP contribution is -2.51. The van der Waals surface area contributed by atoms with Crippen LogP contribution in [0.2, 0.25) is 0 Å². The van der Waals surface area contributed by atoms with Gasteiger partial charge in [-0.2, -0.15) is 0 Å². The number of nitrogens with zero attached hydrogens (tertiary/aromatic N) is 5. The van der Waals surface area contributed by atoms with Crippen LogP contribution in [0.1, 0.15) is 12.5 Å². The van der Waals surface area contributed by atoms with Crippen LogP contribution in [0, 0.1) is 0 Å². The Morgan fingerprint density at radius 1 is 0.946 bits per heavy atom. The van der Waals surface area contributed by atoms with Crippen molar-refractivity contribution in [3.05, 3.63) is 60.2 Å². The number of benzene rings is 2. The molecule has 0 unspecified atom stereocenters. The van der Waals surface area contributed by atoms with Gasteiger partial charge in [0.1, 0.15) is 12.3 Å². The number of piperazine rings is 1. The van der Waals surface area contributed by atoms with Crippen molar-refractivity contribution >= 4 is 17.6 Å². The van der Waals surface area contributed by atoms with Gasteiger partial charge in [-0.15, -0.1) is 10.2 Å². The average molecular weight is 504 g/mol. The first kappa shape index (κ1) is 24.4. The van der Waals surface area contributed by atoms with E-state index in [0.29, 0.717) is 44.2 Å². The molecule has 0 saturated carbocycles. The molecule has 10 nitrogen and oxygen atoms in total. The van der Waals surface area contributed by atoms with Gasteiger partial charge < -0.3 is 28.9 Å². The highest BCUT2D eigenvalue weighted by molar-refractivity contribution is 5.84. The molecule has 3 heterocycles. The molecule has 37 heavy (non-hydrogen) atoms. The number of anilines is 1. The smallest absolute Gasteiger partial charge is 0.242 e. The van der Waals surface area contributed by atoms with Crippen LogP contribution in [0.4, 0.5) is 5.82 Å². The van der Waals surface area contributed by atoms with E-state index < -0.39 is 0 Å². The van der Waals surface area contributed by atoms with Crippen LogP contribution in [0.5, 0.6) is 17.2 Å². The molecule has 1 fully saturated rings. The Balaban J connectivity index is 1.15. The molecule has 0 spiro atoms. The minimum absolute atomic E-state index is 0.0279. The van der Waals surface area contributed by atoms with Crippen molar-refractivity contribution in [2.45, 2.75) is 13.5 Å². The summed E-state index contributed by atoms with van der Waals surface area (Å²) in [5.74, 6) is 2.68. The lowest BCUT2D eigenvalue weighted by molar-refractivity contribution is -0.140. The molecule has 3 aromatic rings. The lowest BCUT2D eigenvalue weighted by atomic mass is 10.1. The van der Waals surface area contributed by atoms with Gasteiger partial charge in [0.05, 0.1) is 12.8 Å². The van der Waals surface area contributed by atoms with E-state index in [1.54, 1.807) is 16.9 Å². The SMILES string of the molecule is COc1ccc(-c2ccc(N3CCN(C(=O)CN(Cc4ccc5c(c4)OCO5)C(C)=O)CC3)nn2)cc1. The van der Waals surface area contributed by atoms with Crippen LogP contribution >= 0.6 is 0 Å². The van der Waals surface area contributed by atoms with E-state index in [1.807, 2.05) is 54.6 Å². The van der Waals surface area contributed by atoms with Gasteiger partial charge in [-0.3, -0.25) is 9.59 Å². The summed E-state index contributed by atoms with van der Waals surface area (Å²) in [4.78, 5) is 30.7. The first-order chi connectivity index (χ1) is 18.0. The van der Waals surface area contributed by atoms with Crippen LogP contribution in [0.15, 0.2) is 54.6 Å². The molecular formula is C27H29N5O5. The van der Waals surface area contributed by atoms with Crippen molar-refractivity contribution in [2.24, 2.45) is 0 Å². The van der Waals surface area contributed by atoms with E-state index in [0.717, 1.165) is 28.4 Å². The van der Waals surface area contributed by atoms with E-state index in [2.05, 4.69) is 15.1 Å². The molecule has 192 valence electrons. The van der Waals surface area contributed by atoms with E-state index in [4.69, 9.17) is 14.2 Å². The third-order valence-corrected chi connectivity index (χ3v) is 6.57. The Morgan fingerprint density at radius 3 is 2.38 bits per heavy atom. The predicted octanol–water partition coefficient (Wildman–Crippen LogP) is 2.58. The van der Waals surface area contributed by atoms with Crippen molar-refractivity contribution in [1.82, 2.24) is 20.0 Å². The van der Waals surface area contributed by atoms with Crippen molar-refractivity contribution < 1.29 is 23.8 Å². The molecule has 0 N–H and O–H groups in total. The van der Waals surface area contributed by atoms with Gasteiger partial charge in [0, 0.05) is 45.2 Å². The topological polar surface area (TPSA) is 97.3 Å².